The minimum atomic E-state index is -0.516. The molecule has 3 heterocycles. The lowest BCUT2D eigenvalue weighted by Gasteiger charge is -2.37. The molecular formula is C25H26ClFN4O3. The van der Waals surface area contributed by atoms with Gasteiger partial charge in [-0.05, 0) is 37.7 Å². The Hall–Kier alpha value is -3.10. The number of pyridine rings is 1. The maximum atomic E-state index is 15.4. The summed E-state index contributed by atoms with van der Waals surface area (Å²) < 4.78 is 23.3. The number of anilines is 1. The number of likely N-dealkylation sites (N-methyl/N-ethyl adjacent to an activating group) is 1. The van der Waals surface area contributed by atoms with Crippen LogP contribution in [0, 0.1) is 5.82 Å². The van der Waals surface area contributed by atoms with Crippen molar-refractivity contribution in [3.05, 3.63) is 68.7 Å². The van der Waals surface area contributed by atoms with Crippen LogP contribution in [0.3, 0.4) is 0 Å². The molecule has 0 spiro atoms. The number of carbonyl (C=O) groups is 1. The molecule has 1 amide bonds. The lowest BCUT2D eigenvalue weighted by molar-refractivity contribution is 0.0948. The molecule has 1 fully saturated rings. The van der Waals surface area contributed by atoms with Crippen molar-refractivity contribution in [1.82, 2.24) is 14.8 Å². The summed E-state index contributed by atoms with van der Waals surface area (Å²) >= 11 is 6.02. The van der Waals surface area contributed by atoms with E-state index in [1.54, 1.807) is 24.4 Å². The highest BCUT2D eigenvalue weighted by atomic mass is 35.5. The first-order chi connectivity index (χ1) is 16.3. The van der Waals surface area contributed by atoms with E-state index in [1.807, 2.05) is 29.5 Å². The molecule has 2 aliphatic heterocycles. The van der Waals surface area contributed by atoms with Gasteiger partial charge in [0.05, 0.1) is 16.9 Å². The molecule has 1 N–H and O–H groups in total. The molecule has 1 aromatic heterocycles. The van der Waals surface area contributed by atoms with Crippen LogP contribution in [0.2, 0.25) is 5.02 Å². The maximum Gasteiger partial charge on any atom is 0.257 e. The summed E-state index contributed by atoms with van der Waals surface area (Å²) in [7, 11) is 2.03. The molecule has 1 saturated heterocycles. The number of ether oxygens (including phenoxy) is 1. The van der Waals surface area contributed by atoms with Crippen molar-refractivity contribution in [2.75, 3.05) is 44.7 Å². The molecule has 2 aromatic carbocycles. The number of rotatable bonds is 4. The van der Waals surface area contributed by atoms with E-state index in [2.05, 4.69) is 10.2 Å². The average molecular weight is 485 g/mol. The summed E-state index contributed by atoms with van der Waals surface area (Å²) in [5.74, 6) is -0.651. The lowest BCUT2D eigenvalue weighted by atomic mass is 10.0. The Bertz CT molecular complexity index is 1330. The van der Waals surface area contributed by atoms with Gasteiger partial charge in [0.1, 0.15) is 17.9 Å². The number of piperazine rings is 1. The van der Waals surface area contributed by atoms with E-state index >= 15 is 4.39 Å². The quantitative estimate of drug-likeness (QED) is 0.614. The van der Waals surface area contributed by atoms with E-state index < -0.39 is 17.2 Å². The molecule has 34 heavy (non-hydrogen) atoms. The van der Waals surface area contributed by atoms with Crippen LogP contribution in [0.4, 0.5) is 10.1 Å². The lowest BCUT2D eigenvalue weighted by Crippen LogP contribution is -2.45. The first-order valence-electron chi connectivity index (χ1n) is 11.3. The number of hydrogen-bond acceptors (Lipinski definition) is 5. The summed E-state index contributed by atoms with van der Waals surface area (Å²) in [6.45, 7) is 5.44. The van der Waals surface area contributed by atoms with Crippen LogP contribution in [-0.2, 0) is 6.54 Å². The van der Waals surface area contributed by atoms with Crippen molar-refractivity contribution >= 4 is 34.1 Å². The van der Waals surface area contributed by atoms with Crippen molar-refractivity contribution in [1.29, 1.82) is 0 Å². The van der Waals surface area contributed by atoms with E-state index in [0.29, 0.717) is 41.7 Å². The third kappa shape index (κ3) is 4.01. The molecule has 9 heteroatoms. The zero-order chi connectivity index (χ0) is 24.0. The van der Waals surface area contributed by atoms with Crippen LogP contribution in [0.25, 0.3) is 10.9 Å². The second kappa shape index (κ2) is 8.92. The van der Waals surface area contributed by atoms with Crippen molar-refractivity contribution in [3.8, 4) is 5.75 Å². The number of nitrogens with one attached hydrogen (secondary N) is 1. The van der Waals surface area contributed by atoms with Gasteiger partial charge in [-0.15, -0.1) is 0 Å². The van der Waals surface area contributed by atoms with Gasteiger partial charge >= 0.3 is 0 Å². The van der Waals surface area contributed by atoms with Crippen molar-refractivity contribution in [2.24, 2.45) is 0 Å². The van der Waals surface area contributed by atoms with Gasteiger partial charge in [0.25, 0.3) is 5.91 Å². The van der Waals surface area contributed by atoms with Crippen LogP contribution in [0.5, 0.6) is 5.75 Å². The Morgan fingerprint density at radius 3 is 2.74 bits per heavy atom. The summed E-state index contributed by atoms with van der Waals surface area (Å²) in [6, 6.07) is 8.26. The molecule has 0 unspecified atom stereocenters. The first-order valence-corrected chi connectivity index (χ1v) is 11.7. The van der Waals surface area contributed by atoms with Gasteiger partial charge < -0.3 is 24.4 Å². The predicted octanol–water partition coefficient (Wildman–Crippen LogP) is 3.43. The van der Waals surface area contributed by atoms with E-state index in [1.165, 1.54) is 6.07 Å². The number of benzene rings is 2. The highest BCUT2D eigenvalue weighted by Gasteiger charge is 2.31. The second-order valence-electron chi connectivity index (χ2n) is 8.97. The third-order valence-electron chi connectivity index (χ3n) is 6.55. The molecule has 1 atom stereocenters. The van der Waals surface area contributed by atoms with Crippen LogP contribution in [-0.4, -0.2) is 55.2 Å². The van der Waals surface area contributed by atoms with Crippen LogP contribution in [0.15, 0.2) is 41.3 Å². The number of amides is 1. The SMILES string of the molecule is C[C@@H]1COc2c(N3CCN(C)CC3)c(F)cc3c(=O)c(C(=O)NCc4cccc(Cl)c4)cn1c23. The van der Waals surface area contributed by atoms with Gasteiger partial charge in [0, 0.05) is 43.9 Å². The fourth-order valence-electron chi connectivity index (χ4n) is 4.62. The Morgan fingerprint density at radius 1 is 1.24 bits per heavy atom. The number of carbonyl (C=O) groups excluding carboxylic acids is 1. The standard InChI is InChI=1S/C25H26ClFN4O3/c1-15-14-34-24-21-18(11-20(27)22(24)30-8-6-29(2)7-9-30)23(32)19(13-31(15)21)25(33)28-12-16-4-3-5-17(26)10-16/h3-5,10-11,13,15H,6-9,12,14H2,1-2H3,(H,28,33)/t15-/m1/s1. The molecule has 0 bridgehead atoms. The van der Waals surface area contributed by atoms with Crippen molar-refractivity contribution in [3.63, 3.8) is 0 Å². The third-order valence-corrected chi connectivity index (χ3v) is 6.78. The summed E-state index contributed by atoms with van der Waals surface area (Å²) in [6.07, 6.45) is 1.57. The molecule has 5 rings (SSSR count). The minimum absolute atomic E-state index is 0.0269. The topological polar surface area (TPSA) is 66.8 Å². The fraction of sp³-hybridized carbons (Fsp3) is 0.360. The molecule has 0 saturated carbocycles. The molecule has 178 valence electrons. The van der Waals surface area contributed by atoms with Gasteiger partial charge in [-0.2, -0.15) is 0 Å². The average Bonchev–Trinajstić information content (AvgIpc) is 2.82. The zero-order valence-electron chi connectivity index (χ0n) is 19.1. The fourth-order valence-corrected chi connectivity index (χ4v) is 4.84. The van der Waals surface area contributed by atoms with Gasteiger partial charge in [-0.3, -0.25) is 9.59 Å². The largest absolute Gasteiger partial charge is 0.487 e. The van der Waals surface area contributed by atoms with E-state index in [-0.39, 0.29) is 23.5 Å². The van der Waals surface area contributed by atoms with Crippen LogP contribution in [0.1, 0.15) is 28.9 Å². The second-order valence-corrected chi connectivity index (χ2v) is 9.41. The van der Waals surface area contributed by atoms with Gasteiger partial charge in [-0.1, -0.05) is 23.7 Å². The summed E-state index contributed by atoms with van der Waals surface area (Å²) in [4.78, 5) is 30.5. The monoisotopic (exact) mass is 484 g/mol. The van der Waals surface area contributed by atoms with E-state index in [4.69, 9.17) is 16.3 Å². The summed E-state index contributed by atoms with van der Waals surface area (Å²) in [5, 5.41) is 3.49. The Balaban J connectivity index is 1.56. The molecule has 7 nitrogen and oxygen atoms in total. The van der Waals surface area contributed by atoms with E-state index in [0.717, 1.165) is 18.7 Å². The Kier molecular flexibility index (Phi) is 5.95. The zero-order valence-corrected chi connectivity index (χ0v) is 19.9. The number of aromatic nitrogens is 1. The molecule has 3 aromatic rings. The number of hydrogen-bond donors (Lipinski definition) is 1. The maximum absolute atomic E-state index is 15.4. The first kappa shape index (κ1) is 22.7. The molecule has 2 aliphatic rings. The molecular weight excluding hydrogens is 459 g/mol. The highest BCUT2D eigenvalue weighted by molar-refractivity contribution is 6.30. The smallest absolute Gasteiger partial charge is 0.257 e. The van der Waals surface area contributed by atoms with Gasteiger partial charge in [0.15, 0.2) is 11.6 Å². The minimum Gasteiger partial charge on any atom is -0.487 e. The normalized spacial score (nSPS) is 18.1. The Labute approximate surface area is 201 Å². The van der Waals surface area contributed by atoms with E-state index in [9.17, 15) is 9.59 Å². The van der Waals surface area contributed by atoms with Crippen LogP contribution < -0.4 is 20.4 Å². The van der Waals surface area contributed by atoms with Crippen molar-refractivity contribution < 1.29 is 13.9 Å². The Morgan fingerprint density at radius 2 is 2.00 bits per heavy atom. The summed E-state index contributed by atoms with van der Waals surface area (Å²) in [5.41, 5.74) is 1.19. The number of nitrogens with zero attached hydrogens (tertiary/aromatic N) is 3. The van der Waals surface area contributed by atoms with Crippen LogP contribution >= 0.6 is 11.6 Å². The van der Waals surface area contributed by atoms with Gasteiger partial charge in [0.2, 0.25) is 5.43 Å². The van der Waals surface area contributed by atoms with Gasteiger partial charge in [-0.25, -0.2) is 4.39 Å². The number of halogens is 2. The van der Waals surface area contributed by atoms with Crippen molar-refractivity contribution in [2.45, 2.75) is 19.5 Å². The highest BCUT2D eigenvalue weighted by Crippen LogP contribution is 2.42. The molecule has 0 aliphatic carbocycles. The molecule has 0 radical (unpaired) electrons. The predicted molar refractivity (Wildman–Crippen MR) is 131 cm³/mol.